The van der Waals surface area contributed by atoms with Gasteiger partial charge in [-0.2, -0.15) is 4.31 Å². The molecule has 0 aliphatic carbocycles. The summed E-state index contributed by atoms with van der Waals surface area (Å²) in [5.74, 6) is -0.418. The Bertz CT molecular complexity index is 497. The Kier molecular flexibility index (Phi) is 4.02. The van der Waals surface area contributed by atoms with Crippen molar-refractivity contribution >= 4 is 21.8 Å². The van der Waals surface area contributed by atoms with Crippen LogP contribution in [-0.4, -0.2) is 44.4 Å². The summed E-state index contributed by atoms with van der Waals surface area (Å²) in [7, 11) is -1.28. The number of carbonyl (C=O) groups excluding carboxylic acids is 1. The van der Waals surface area contributed by atoms with Crippen molar-refractivity contribution in [2.75, 3.05) is 26.4 Å². The molecule has 0 aromatic carbocycles. The number of hydrogen-bond donors (Lipinski definition) is 1. The molecule has 0 spiro atoms. The lowest BCUT2D eigenvalue weighted by Crippen LogP contribution is -2.32. The zero-order chi connectivity index (χ0) is 13.1. The van der Waals surface area contributed by atoms with E-state index in [1.54, 1.807) is 0 Å². The Morgan fingerprint density at radius 1 is 1.53 bits per heavy atom. The van der Waals surface area contributed by atoms with Crippen LogP contribution >= 0.6 is 0 Å². The van der Waals surface area contributed by atoms with Crippen molar-refractivity contribution in [1.29, 1.82) is 0 Å². The van der Waals surface area contributed by atoms with E-state index >= 15 is 0 Å². The first-order valence-corrected chi connectivity index (χ1v) is 6.06. The highest BCUT2D eigenvalue weighted by Crippen LogP contribution is 2.13. The van der Waals surface area contributed by atoms with Crippen LogP contribution in [-0.2, 0) is 19.6 Å². The van der Waals surface area contributed by atoms with Gasteiger partial charge in [0.1, 0.15) is 17.3 Å². The number of sulfonamides is 1. The van der Waals surface area contributed by atoms with Gasteiger partial charge in [-0.15, -0.1) is 0 Å². The lowest BCUT2D eigenvalue weighted by atomic mass is 10.5. The Morgan fingerprint density at radius 3 is 2.65 bits per heavy atom. The van der Waals surface area contributed by atoms with Crippen LogP contribution in [0.25, 0.3) is 0 Å². The summed E-state index contributed by atoms with van der Waals surface area (Å²) < 4.78 is 29.1. The van der Waals surface area contributed by atoms with Crippen molar-refractivity contribution in [2.24, 2.45) is 0 Å². The van der Waals surface area contributed by atoms with E-state index in [-0.39, 0.29) is 17.3 Å². The largest absolute Gasteiger partial charge is 0.468 e. The van der Waals surface area contributed by atoms with Crippen LogP contribution in [0.4, 0.5) is 5.82 Å². The number of likely N-dealkylation sites (N-methyl/N-ethyl adjacent to an activating group) is 1. The number of carbonyl (C=O) groups is 1. The molecule has 2 N–H and O–H groups in total. The highest BCUT2D eigenvalue weighted by molar-refractivity contribution is 7.89. The Hall–Kier alpha value is -1.67. The highest BCUT2D eigenvalue weighted by Gasteiger charge is 2.23. The lowest BCUT2D eigenvalue weighted by molar-refractivity contribution is -0.140. The van der Waals surface area contributed by atoms with Gasteiger partial charge in [0.2, 0.25) is 10.0 Å². The van der Waals surface area contributed by atoms with E-state index < -0.39 is 16.0 Å². The van der Waals surface area contributed by atoms with Crippen LogP contribution in [0.2, 0.25) is 0 Å². The molecule has 1 heterocycles. The lowest BCUT2D eigenvalue weighted by Gasteiger charge is -2.15. The van der Waals surface area contributed by atoms with Crippen molar-refractivity contribution in [3.8, 4) is 0 Å². The number of hydrogen-bond acceptors (Lipinski definition) is 6. The van der Waals surface area contributed by atoms with E-state index in [0.717, 1.165) is 10.5 Å². The van der Waals surface area contributed by atoms with Gasteiger partial charge in [0.15, 0.2) is 0 Å². The van der Waals surface area contributed by atoms with E-state index in [1.807, 2.05) is 0 Å². The van der Waals surface area contributed by atoms with Gasteiger partial charge < -0.3 is 10.5 Å². The molecule has 94 valence electrons. The average Bonchev–Trinajstić information content (AvgIpc) is 2.29. The first kappa shape index (κ1) is 13.4. The van der Waals surface area contributed by atoms with Crippen LogP contribution in [0.5, 0.6) is 0 Å². The zero-order valence-electron chi connectivity index (χ0n) is 9.45. The quantitative estimate of drug-likeness (QED) is 0.728. The summed E-state index contributed by atoms with van der Waals surface area (Å²) in [6, 6.07) is 2.70. The minimum atomic E-state index is -3.75. The summed E-state index contributed by atoms with van der Waals surface area (Å²) in [5, 5.41) is 0. The molecule has 8 heteroatoms. The standard InChI is InChI=1S/C9H13N3O4S/c1-12(6-9(13)16-2)17(14,15)7-3-4-8(10)11-5-7/h3-5H,6H2,1-2H3,(H2,10,11). The maximum Gasteiger partial charge on any atom is 0.321 e. The Labute approximate surface area is 99.2 Å². The van der Waals surface area contributed by atoms with Crippen LogP contribution in [0.1, 0.15) is 0 Å². The fraction of sp³-hybridized carbons (Fsp3) is 0.333. The topological polar surface area (TPSA) is 103 Å². The number of ether oxygens (including phenoxy) is 1. The monoisotopic (exact) mass is 259 g/mol. The van der Waals surface area contributed by atoms with Gasteiger partial charge in [-0.3, -0.25) is 4.79 Å². The van der Waals surface area contributed by atoms with Crippen molar-refractivity contribution in [3.05, 3.63) is 18.3 Å². The molecule has 0 fully saturated rings. The van der Waals surface area contributed by atoms with Crippen molar-refractivity contribution in [3.63, 3.8) is 0 Å². The molecular weight excluding hydrogens is 246 g/mol. The smallest absolute Gasteiger partial charge is 0.321 e. The van der Waals surface area contributed by atoms with Crippen LogP contribution in [0.15, 0.2) is 23.2 Å². The first-order chi connectivity index (χ1) is 7.87. The number of nitrogens with zero attached hydrogens (tertiary/aromatic N) is 2. The van der Waals surface area contributed by atoms with Crippen LogP contribution in [0, 0.1) is 0 Å². The van der Waals surface area contributed by atoms with Gasteiger partial charge in [-0.25, -0.2) is 13.4 Å². The number of esters is 1. The van der Waals surface area contributed by atoms with Crippen LogP contribution in [0.3, 0.4) is 0 Å². The van der Waals surface area contributed by atoms with Gasteiger partial charge >= 0.3 is 5.97 Å². The molecule has 0 bridgehead atoms. The third kappa shape index (κ3) is 3.14. The second kappa shape index (κ2) is 5.11. The molecule has 0 saturated carbocycles. The predicted molar refractivity (Wildman–Crippen MR) is 60.5 cm³/mol. The molecule has 0 aliphatic heterocycles. The van der Waals surface area contributed by atoms with Gasteiger partial charge in [0.05, 0.1) is 7.11 Å². The van der Waals surface area contributed by atoms with Crippen LogP contribution < -0.4 is 5.73 Å². The summed E-state index contributed by atoms with van der Waals surface area (Å²) >= 11 is 0. The number of rotatable bonds is 4. The minimum absolute atomic E-state index is 0.0295. The molecular formula is C9H13N3O4S. The predicted octanol–water partition coefficient (Wildman–Crippen LogP) is -0.543. The average molecular weight is 259 g/mol. The molecule has 0 amide bonds. The van der Waals surface area contributed by atoms with Gasteiger partial charge in [-0.05, 0) is 12.1 Å². The van der Waals surface area contributed by atoms with E-state index in [9.17, 15) is 13.2 Å². The molecule has 17 heavy (non-hydrogen) atoms. The molecule has 0 atom stereocenters. The molecule has 1 rings (SSSR count). The molecule has 1 aromatic heterocycles. The maximum atomic E-state index is 11.9. The zero-order valence-corrected chi connectivity index (χ0v) is 10.3. The second-order valence-electron chi connectivity index (χ2n) is 3.26. The van der Waals surface area contributed by atoms with E-state index in [4.69, 9.17) is 5.73 Å². The van der Waals surface area contributed by atoms with Gasteiger partial charge in [0.25, 0.3) is 0 Å². The number of pyridine rings is 1. The number of aromatic nitrogens is 1. The molecule has 0 saturated heterocycles. The van der Waals surface area contributed by atoms with E-state index in [1.165, 1.54) is 26.3 Å². The summed E-state index contributed by atoms with van der Waals surface area (Å²) in [6.45, 7) is -0.358. The summed E-state index contributed by atoms with van der Waals surface area (Å²) in [5.41, 5.74) is 5.35. The second-order valence-corrected chi connectivity index (χ2v) is 5.30. The summed E-state index contributed by atoms with van der Waals surface area (Å²) in [4.78, 5) is 14.6. The number of methoxy groups -OCH3 is 1. The summed E-state index contributed by atoms with van der Waals surface area (Å²) in [6.07, 6.45) is 1.14. The number of anilines is 1. The van der Waals surface area contributed by atoms with E-state index in [0.29, 0.717) is 0 Å². The van der Waals surface area contributed by atoms with Gasteiger partial charge in [-0.1, -0.05) is 0 Å². The molecule has 0 radical (unpaired) electrons. The Balaban J connectivity index is 2.95. The third-order valence-electron chi connectivity index (χ3n) is 2.05. The van der Waals surface area contributed by atoms with Crippen molar-refractivity contribution in [1.82, 2.24) is 9.29 Å². The van der Waals surface area contributed by atoms with Crippen molar-refractivity contribution in [2.45, 2.75) is 4.90 Å². The number of nitrogens with two attached hydrogens (primary N) is 1. The fourth-order valence-electron chi connectivity index (χ4n) is 1.06. The molecule has 7 nitrogen and oxygen atoms in total. The maximum absolute atomic E-state index is 11.9. The normalized spacial score (nSPS) is 11.5. The molecule has 0 aliphatic rings. The number of nitrogen functional groups attached to an aromatic ring is 1. The molecule has 0 unspecified atom stereocenters. The fourth-order valence-corrected chi connectivity index (χ4v) is 2.12. The Morgan fingerprint density at radius 2 is 2.18 bits per heavy atom. The minimum Gasteiger partial charge on any atom is -0.468 e. The molecule has 1 aromatic rings. The SMILES string of the molecule is COC(=O)CN(C)S(=O)(=O)c1ccc(N)nc1. The van der Waals surface area contributed by atoms with Gasteiger partial charge in [0, 0.05) is 13.2 Å². The van der Waals surface area contributed by atoms with Crippen molar-refractivity contribution < 1.29 is 17.9 Å². The van der Waals surface area contributed by atoms with E-state index in [2.05, 4.69) is 9.72 Å². The highest BCUT2D eigenvalue weighted by atomic mass is 32.2. The third-order valence-corrected chi connectivity index (χ3v) is 3.83. The first-order valence-electron chi connectivity index (χ1n) is 4.62.